The summed E-state index contributed by atoms with van der Waals surface area (Å²) in [7, 11) is 1.60. The highest BCUT2D eigenvalue weighted by atomic mass is 16.6. The molecule has 4 atom stereocenters. The summed E-state index contributed by atoms with van der Waals surface area (Å²) < 4.78 is 7.65. The van der Waals surface area contributed by atoms with Gasteiger partial charge in [0.2, 0.25) is 11.8 Å². The summed E-state index contributed by atoms with van der Waals surface area (Å²) in [5, 5.41) is 47.6. The topological polar surface area (TPSA) is 172 Å². The van der Waals surface area contributed by atoms with Gasteiger partial charge in [-0.2, -0.15) is 14.8 Å². The van der Waals surface area contributed by atoms with E-state index in [1.54, 1.807) is 16.5 Å². The Hall–Kier alpha value is -4.50. The van der Waals surface area contributed by atoms with Gasteiger partial charge in [-0.15, -0.1) is 10.2 Å². The second-order valence-corrected chi connectivity index (χ2v) is 11.3. The molecule has 0 spiro atoms. The van der Waals surface area contributed by atoms with Gasteiger partial charge in [0.15, 0.2) is 29.3 Å². The van der Waals surface area contributed by atoms with Crippen LogP contribution >= 0.6 is 0 Å². The van der Waals surface area contributed by atoms with Crippen LogP contribution in [0, 0.1) is 5.92 Å². The Morgan fingerprint density at radius 2 is 1.66 bits per heavy atom. The third kappa shape index (κ3) is 5.84. The summed E-state index contributed by atoms with van der Waals surface area (Å²) in [5.74, 6) is 1.13. The summed E-state index contributed by atoms with van der Waals surface area (Å²) in [4.78, 5) is 17.1. The molecule has 1 saturated heterocycles. The first-order valence-electron chi connectivity index (χ1n) is 14.5. The Balaban J connectivity index is 1.39. The van der Waals surface area contributed by atoms with Crippen LogP contribution in [0.25, 0.3) is 11.2 Å². The van der Waals surface area contributed by atoms with Gasteiger partial charge in [0, 0.05) is 19.0 Å². The molecule has 0 saturated carbocycles. The van der Waals surface area contributed by atoms with E-state index >= 15 is 0 Å². The number of nitrogens with one attached hydrogen (secondary N) is 1. The lowest BCUT2D eigenvalue weighted by Gasteiger charge is -2.24. The second-order valence-electron chi connectivity index (χ2n) is 11.3. The van der Waals surface area contributed by atoms with Crippen LogP contribution in [0.4, 0.5) is 11.8 Å². The average molecular weight is 601 g/mol. The lowest BCUT2D eigenvalue weighted by atomic mass is 9.91. The monoisotopic (exact) mass is 600 g/mol. The fourth-order valence-electron chi connectivity index (χ4n) is 5.51. The lowest BCUT2D eigenvalue weighted by molar-refractivity contribution is -0.0384. The molecule has 3 aromatic heterocycles. The molecule has 0 amide bonds. The van der Waals surface area contributed by atoms with Crippen molar-refractivity contribution >= 4 is 22.9 Å². The zero-order valence-electron chi connectivity index (χ0n) is 24.7. The van der Waals surface area contributed by atoms with Crippen LogP contribution in [0.15, 0.2) is 67.0 Å². The molecule has 5 aromatic rings. The molecular formula is C30H36N10O4. The molecule has 4 heterocycles. The maximum Gasteiger partial charge on any atom is 0.231 e. The van der Waals surface area contributed by atoms with E-state index in [1.807, 2.05) is 50.2 Å². The molecular weight excluding hydrogens is 564 g/mol. The van der Waals surface area contributed by atoms with Crippen LogP contribution in [0.3, 0.4) is 0 Å². The smallest absolute Gasteiger partial charge is 0.231 e. The normalized spacial score (nSPS) is 20.2. The number of anilines is 2. The number of tetrazole rings is 1. The van der Waals surface area contributed by atoms with Gasteiger partial charge in [-0.25, -0.2) is 4.98 Å². The van der Waals surface area contributed by atoms with Crippen LogP contribution in [-0.4, -0.2) is 87.1 Å². The van der Waals surface area contributed by atoms with Crippen molar-refractivity contribution in [2.45, 2.75) is 44.3 Å². The molecule has 1 aliphatic heterocycles. The first-order chi connectivity index (χ1) is 21.3. The predicted octanol–water partition coefficient (Wildman–Crippen LogP) is 2.00. The molecule has 0 bridgehead atoms. The van der Waals surface area contributed by atoms with E-state index in [9.17, 15) is 15.3 Å². The SMILES string of the molecule is CC(C)CN(CO)c1nc(NCC(c2ccccc2)c2ccccc2)c2ncn([C@@H]3O[C@H](c4nnn(C)n4)[C@@H](O)[C@H]3O)c2n1. The van der Waals surface area contributed by atoms with Crippen molar-refractivity contribution in [2.24, 2.45) is 13.0 Å². The first kappa shape index (κ1) is 29.6. The molecule has 0 radical (unpaired) electrons. The summed E-state index contributed by atoms with van der Waals surface area (Å²) >= 11 is 0. The van der Waals surface area contributed by atoms with Gasteiger partial charge >= 0.3 is 0 Å². The Labute approximate surface area is 254 Å². The number of rotatable bonds is 11. The van der Waals surface area contributed by atoms with E-state index in [4.69, 9.17) is 14.7 Å². The standard InChI is InChI=1S/C30H36N10O4/c1-18(2)15-39(17-41)30-33-26(31-14-21(19-10-6-4-7-11-19)20-12-8-5-9-13-20)22-28(34-30)40(16-32-22)29-24(43)23(42)25(44-29)27-35-37-38(3)36-27/h4-13,16,18,21,23-25,29,41-43H,14-15,17H2,1-3H3,(H,31,33,34)/t23-,24+,25-,29+/m0/s1. The zero-order chi connectivity index (χ0) is 30.8. The number of benzene rings is 2. The zero-order valence-corrected chi connectivity index (χ0v) is 24.7. The number of imidazole rings is 1. The molecule has 230 valence electrons. The van der Waals surface area contributed by atoms with Crippen molar-refractivity contribution in [3.05, 3.63) is 83.9 Å². The van der Waals surface area contributed by atoms with Crippen LogP contribution in [0.1, 0.15) is 49.0 Å². The quantitative estimate of drug-likeness (QED) is 0.163. The third-order valence-electron chi connectivity index (χ3n) is 7.62. The van der Waals surface area contributed by atoms with Gasteiger partial charge in [0.1, 0.15) is 18.9 Å². The van der Waals surface area contributed by atoms with Gasteiger partial charge in [0.05, 0.1) is 13.4 Å². The number of aromatic nitrogens is 8. The predicted molar refractivity (Wildman–Crippen MR) is 161 cm³/mol. The van der Waals surface area contributed by atoms with Crippen molar-refractivity contribution in [1.29, 1.82) is 0 Å². The van der Waals surface area contributed by atoms with Crippen LogP contribution in [0.5, 0.6) is 0 Å². The van der Waals surface area contributed by atoms with E-state index in [0.29, 0.717) is 30.1 Å². The minimum absolute atomic E-state index is 0.00735. The third-order valence-corrected chi connectivity index (χ3v) is 7.62. The molecule has 0 aliphatic carbocycles. The molecule has 2 aromatic carbocycles. The highest BCUT2D eigenvalue weighted by molar-refractivity contribution is 5.84. The molecule has 4 N–H and O–H groups in total. The molecule has 1 fully saturated rings. The van der Waals surface area contributed by atoms with Crippen molar-refractivity contribution in [3.63, 3.8) is 0 Å². The highest BCUT2D eigenvalue weighted by Crippen LogP contribution is 2.39. The number of ether oxygens (including phenoxy) is 1. The van der Waals surface area contributed by atoms with E-state index in [2.05, 4.69) is 50.0 Å². The molecule has 0 unspecified atom stereocenters. The lowest BCUT2D eigenvalue weighted by Crippen LogP contribution is -2.31. The maximum absolute atomic E-state index is 11.1. The summed E-state index contributed by atoms with van der Waals surface area (Å²) in [6.45, 7) is 4.79. The Morgan fingerprint density at radius 1 is 0.977 bits per heavy atom. The van der Waals surface area contributed by atoms with Gasteiger partial charge in [-0.1, -0.05) is 74.5 Å². The summed E-state index contributed by atoms with van der Waals surface area (Å²) in [6, 6.07) is 20.4. The summed E-state index contributed by atoms with van der Waals surface area (Å²) in [5.41, 5.74) is 3.08. The van der Waals surface area contributed by atoms with E-state index in [-0.39, 0.29) is 30.3 Å². The van der Waals surface area contributed by atoms with Crippen LogP contribution < -0.4 is 10.2 Å². The minimum Gasteiger partial charge on any atom is -0.387 e. The van der Waals surface area contributed by atoms with Gasteiger partial charge in [0.25, 0.3) is 0 Å². The maximum atomic E-state index is 11.1. The highest BCUT2D eigenvalue weighted by Gasteiger charge is 2.47. The number of hydrogen-bond acceptors (Lipinski definition) is 12. The Kier molecular flexibility index (Phi) is 8.48. The van der Waals surface area contributed by atoms with E-state index in [0.717, 1.165) is 11.1 Å². The number of hydrogen-bond donors (Lipinski definition) is 4. The number of aryl methyl sites for hydroxylation is 1. The molecule has 14 nitrogen and oxygen atoms in total. The number of aliphatic hydroxyl groups is 3. The fraction of sp³-hybridized carbons (Fsp3) is 0.400. The largest absolute Gasteiger partial charge is 0.387 e. The van der Waals surface area contributed by atoms with Crippen molar-refractivity contribution in [3.8, 4) is 0 Å². The van der Waals surface area contributed by atoms with Crippen LogP contribution in [-0.2, 0) is 11.8 Å². The van der Waals surface area contributed by atoms with Gasteiger partial charge in [-0.3, -0.25) is 4.57 Å². The van der Waals surface area contributed by atoms with Gasteiger partial charge in [-0.05, 0) is 22.3 Å². The Morgan fingerprint density at radius 3 is 2.25 bits per heavy atom. The van der Waals surface area contributed by atoms with Crippen molar-refractivity contribution in [2.75, 3.05) is 30.0 Å². The molecule has 6 rings (SSSR count). The number of nitrogens with zero attached hydrogens (tertiary/aromatic N) is 9. The fourth-order valence-corrected chi connectivity index (χ4v) is 5.51. The van der Waals surface area contributed by atoms with Gasteiger partial charge < -0.3 is 30.3 Å². The average Bonchev–Trinajstić information content (AvgIpc) is 3.74. The molecule has 14 heteroatoms. The summed E-state index contributed by atoms with van der Waals surface area (Å²) in [6.07, 6.45) is -3.20. The van der Waals surface area contributed by atoms with E-state index < -0.39 is 24.5 Å². The molecule has 44 heavy (non-hydrogen) atoms. The number of aliphatic hydroxyl groups excluding tert-OH is 3. The van der Waals surface area contributed by atoms with Crippen molar-refractivity contribution in [1.82, 2.24) is 39.7 Å². The number of fused-ring (bicyclic) bond motifs is 1. The minimum atomic E-state index is -1.33. The first-order valence-corrected chi connectivity index (χ1v) is 14.5. The molecule has 1 aliphatic rings. The second kappa shape index (κ2) is 12.6. The van der Waals surface area contributed by atoms with Crippen LogP contribution in [0.2, 0.25) is 0 Å². The van der Waals surface area contributed by atoms with E-state index in [1.165, 1.54) is 11.1 Å². The van der Waals surface area contributed by atoms with Crippen molar-refractivity contribution < 1.29 is 20.1 Å². The Bertz CT molecular complexity index is 1640.